The molecule has 0 saturated carbocycles. The largest absolute Gasteiger partial charge is 0.507 e. The van der Waals surface area contributed by atoms with Gasteiger partial charge in [0, 0.05) is 31.0 Å². The number of hydrogen-bond acceptors (Lipinski definition) is 2. The van der Waals surface area contributed by atoms with Crippen molar-refractivity contribution in [2.24, 2.45) is 5.41 Å². The first-order valence-electron chi connectivity index (χ1n) is 10.2. The zero-order valence-corrected chi connectivity index (χ0v) is 20.5. The monoisotopic (exact) mass is 510 g/mol. The molecule has 3 aromatic carbocycles. The molecule has 1 N–H and O–H groups in total. The van der Waals surface area contributed by atoms with Crippen molar-refractivity contribution in [2.75, 3.05) is 0 Å². The van der Waals surface area contributed by atoms with E-state index in [1.54, 1.807) is 0 Å². The van der Waals surface area contributed by atoms with Crippen LogP contribution in [-0.4, -0.2) is 10.9 Å². The van der Waals surface area contributed by atoms with Gasteiger partial charge in [-0.3, -0.25) is 4.79 Å². The maximum absolute atomic E-state index is 13.5. The number of carbonyl (C=O) groups is 1. The molecule has 0 radical (unpaired) electrons. The molecule has 3 heteroatoms. The average molecular weight is 510 g/mol. The van der Waals surface area contributed by atoms with Crippen LogP contribution in [0, 0.1) is 8.99 Å². The van der Waals surface area contributed by atoms with Gasteiger partial charge in [0.15, 0.2) is 5.78 Å². The molecule has 0 aliphatic heterocycles. The number of aromatic hydroxyl groups is 1. The molecule has 0 atom stereocenters. The first kappa shape index (κ1) is 21.1. The third-order valence-corrected chi connectivity index (χ3v) is 6.54. The molecule has 0 heterocycles. The summed E-state index contributed by atoms with van der Waals surface area (Å²) in [5.41, 5.74) is 4.90. The lowest BCUT2D eigenvalue weighted by Gasteiger charge is -2.29. The number of phenolic OH excluding ortho intramolecular Hbond substituents is 1. The number of carbonyl (C=O) groups excluding carboxylic acids is 1. The molecule has 2 nitrogen and oxygen atoms in total. The minimum Gasteiger partial charge on any atom is -0.507 e. The third kappa shape index (κ3) is 3.47. The molecule has 0 saturated heterocycles. The van der Waals surface area contributed by atoms with E-state index in [1.165, 1.54) is 0 Å². The second-order valence-corrected chi connectivity index (χ2v) is 11.4. The van der Waals surface area contributed by atoms with Crippen molar-refractivity contribution in [2.45, 2.75) is 47.0 Å². The van der Waals surface area contributed by atoms with Crippen LogP contribution in [0.15, 0.2) is 48.0 Å². The fraction of sp³-hybridized carbons (Fsp3) is 0.296. The summed E-state index contributed by atoms with van der Waals surface area (Å²) in [6, 6.07) is 14.3. The molecular weight excluding hydrogens is 483 g/mol. The maximum Gasteiger partial charge on any atom is 0.190 e. The smallest absolute Gasteiger partial charge is 0.190 e. The van der Waals surface area contributed by atoms with Crippen molar-refractivity contribution < 1.29 is 9.90 Å². The van der Waals surface area contributed by atoms with Gasteiger partial charge in [-0.2, -0.15) is 0 Å². The van der Waals surface area contributed by atoms with Crippen LogP contribution < -0.4 is 0 Å². The Balaban J connectivity index is 2.12. The van der Waals surface area contributed by atoms with E-state index in [9.17, 15) is 9.90 Å². The van der Waals surface area contributed by atoms with Gasteiger partial charge >= 0.3 is 0 Å². The average Bonchev–Trinajstić information content (AvgIpc) is 2.64. The fourth-order valence-electron chi connectivity index (χ4n) is 4.18. The molecule has 154 valence electrons. The Morgan fingerprint density at radius 1 is 0.833 bits per heavy atom. The van der Waals surface area contributed by atoms with E-state index in [2.05, 4.69) is 94.5 Å². The Hall–Kier alpha value is -2.14. The highest BCUT2D eigenvalue weighted by atomic mass is 127. The predicted octanol–water partition coefficient (Wildman–Crippen LogP) is 7.74. The summed E-state index contributed by atoms with van der Waals surface area (Å²) in [6.07, 6.45) is 2.02. The summed E-state index contributed by atoms with van der Waals surface area (Å²) in [4.78, 5) is 13.5. The highest BCUT2D eigenvalue weighted by Gasteiger charge is 2.32. The summed E-state index contributed by atoms with van der Waals surface area (Å²) in [5, 5.41) is 12.9. The van der Waals surface area contributed by atoms with E-state index < -0.39 is 0 Å². The normalized spacial score (nSPS) is 14.2. The Morgan fingerprint density at radius 3 is 2.03 bits per heavy atom. The third-order valence-electron chi connectivity index (χ3n) is 5.82. The van der Waals surface area contributed by atoms with Gasteiger partial charge < -0.3 is 5.11 Å². The van der Waals surface area contributed by atoms with Crippen LogP contribution in [0.5, 0.6) is 5.75 Å². The Morgan fingerprint density at radius 2 is 1.47 bits per heavy atom. The minimum absolute atomic E-state index is 0.0512. The highest BCUT2D eigenvalue weighted by molar-refractivity contribution is 14.1. The zero-order chi connectivity index (χ0) is 22.0. The number of ketones is 1. The molecule has 1 aliphatic rings. The SMILES string of the molecule is CC(C)(C)C1=Cc2cc(C(C)(C)C)c(O)c3cc(-c4ccc(I)cc4)cc(c23)C1=O. The fourth-order valence-corrected chi connectivity index (χ4v) is 4.54. The van der Waals surface area contributed by atoms with Gasteiger partial charge in [-0.1, -0.05) is 53.7 Å². The molecule has 0 unspecified atom stereocenters. The van der Waals surface area contributed by atoms with Gasteiger partial charge in [-0.05, 0) is 86.5 Å². The number of allylic oxidation sites excluding steroid dienone is 1. The molecule has 0 aromatic heterocycles. The molecule has 30 heavy (non-hydrogen) atoms. The van der Waals surface area contributed by atoms with Crippen molar-refractivity contribution in [3.05, 3.63) is 68.3 Å². The molecular formula is C27H27IO2. The van der Waals surface area contributed by atoms with Crippen LogP contribution in [0.25, 0.3) is 28.0 Å². The lowest BCUT2D eigenvalue weighted by molar-refractivity contribution is 0.101. The van der Waals surface area contributed by atoms with Gasteiger partial charge in [-0.25, -0.2) is 0 Å². The topological polar surface area (TPSA) is 37.3 Å². The van der Waals surface area contributed by atoms with Crippen molar-refractivity contribution in [1.82, 2.24) is 0 Å². The van der Waals surface area contributed by atoms with Gasteiger partial charge in [0.1, 0.15) is 5.75 Å². The van der Waals surface area contributed by atoms with Crippen molar-refractivity contribution in [3.8, 4) is 16.9 Å². The highest BCUT2D eigenvalue weighted by Crippen LogP contribution is 2.46. The lowest BCUT2D eigenvalue weighted by atomic mass is 9.74. The lowest BCUT2D eigenvalue weighted by Crippen LogP contribution is -2.21. The van der Waals surface area contributed by atoms with Gasteiger partial charge in [0.25, 0.3) is 0 Å². The molecule has 1 aliphatic carbocycles. The van der Waals surface area contributed by atoms with Crippen molar-refractivity contribution in [1.29, 1.82) is 0 Å². The second kappa shape index (κ2) is 6.94. The van der Waals surface area contributed by atoms with Crippen molar-refractivity contribution >= 4 is 45.2 Å². The second-order valence-electron chi connectivity index (χ2n) is 10.2. The van der Waals surface area contributed by atoms with Crippen LogP contribution in [0.1, 0.15) is 63.0 Å². The van der Waals surface area contributed by atoms with E-state index >= 15 is 0 Å². The van der Waals surface area contributed by atoms with E-state index in [0.717, 1.165) is 42.2 Å². The Kier molecular flexibility index (Phi) is 4.89. The first-order valence-corrected chi connectivity index (χ1v) is 11.3. The molecule has 0 spiro atoms. The number of Topliss-reactive ketones (excluding diaryl/α,β-unsaturated/α-hetero) is 1. The van der Waals surface area contributed by atoms with Crippen LogP contribution in [0.2, 0.25) is 0 Å². The van der Waals surface area contributed by atoms with Gasteiger partial charge in [0.05, 0.1) is 0 Å². The number of phenols is 1. The summed E-state index contributed by atoms with van der Waals surface area (Å²) in [6.45, 7) is 12.5. The summed E-state index contributed by atoms with van der Waals surface area (Å²) >= 11 is 2.29. The summed E-state index contributed by atoms with van der Waals surface area (Å²) in [7, 11) is 0. The molecule has 0 bridgehead atoms. The van der Waals surface area contributed by atoms with E-state index in [1.807, 2.05) is 18.2 Å². The van der Waals surface area contributed by atoms with Crippen LogP contribution in [0.4, 0.5) is 0 Å². The minimum atomic E-state index is -0.264. The van der Waals surface area contributed by atoms with Crippen molar-refractivity contribution in [3.63, 3.8) is 0 Å². The van der Waals surface area contributed by atoms with Crippen LogP contribution >= 0.6 is 22.6 Å². The predicted molar refractivity (Wildman–Crippen MR) is 134 cm³/mol. The number of benzene rings is 3. The van der Waals surface area contributed by atoms with E-state index in [0.29, 0.717) is 5.56 Å². The zero-order valence-electron chi connectivity index (χ0n) is 18.4. The van der Waals surface area contributed by atoms with Crippen LogP contribution in [-0.2, 0) is 5.41 Å². The molecule has 0 amide bonds. The van der Waals surface area contributed by atoms with Crippen LogP contribution in [0.3, 0.4) is 0 Å². The Bertz CT molecular complexity index is 1220. The molecule has 0 fully saturated rings. The molecule has 3 aromatic rings. The number of halogens is 1. The molecule has 4 rings (SSSR count). The first-order chi connectivity index (χ1) is 13.9. The summed E-state index contributed by atoms with van der Waals surface area (Å²) < 4.78 is 1.16. The summed E-state index contributed by atoms with van der Waals surface area (Å²) in [5.74, 6) is 0.325. The standard InChI is InChI=1S/C27H27IO2/c1-26(2,3)21-13-17-14-22(27(4,5)6)25(30)20-12-16(11-19(23(17)20)24(21)29)15-7-9-18(28)10-8-15/h7-14,29H,1-6H3. The number of hydrogen-bond donors (Lipinski definition) is 1. The Labute approximate surface area is 192 Å². The van der Waals surface area contributed by atoms with E-state index in [-0.39, 0.29) is 22.4 Å². The van der Waals surface area contributed by atoms with E-state index in [4.69, 9.17) is 0 Å². The maximum atomic E-state index is 13.5. The number of rotatable bonds is 1. The van der Waals surface area contributed by atoms with Gasteiger partial charge in [-0.15, -0.1) is 0 Å². The quantitative estimate of drug-likeness (QED) is 0.340. The van der Waals surface area contributed by atoms with Gasteiger partial charge in [0.2, 0.25) is 0 Å².